The van der Waals surface area contributed by atoms with Crippen LogP contribution in [-0.4, -0.2) is 41.6 Å². The SMILES string of the molecule is CCC1(c2ccc(OC)c(C)c2)NC(=O)N(CC(=O)O)C1=O. The van der Waals surface area contributed by atoms with Crippen molar-refractivity contribution in [2.24, 2.45) is 0 Å². The molecule has 2 N–H and O–H groups in total. The summed E-state index contributed by atoms with van der Waals surface area (Å²) in [6.45, 7) is 2.95. The van der Waals surface area contributed by atoms with Crippen molar-refractivity contribution in [2.45, 2.75) is 25.8 Å². The van der Waals surface area contributed by atoms with Gasteiger partial charge < -0.3 is 15.2 Å². The summed E-state index contributed by atoms with van der Waals surface area (Å²) >= 11 is 0. The first kappa shape index (κ1) is 15.8. The number of nitrogens with zero attached hydrogens (tertiary/aromatic N) is 1. The molecular weight excluding hydrogens is 288 g/mol. The van der Waals surface area contributed by atoms with Crippen LogP contribution in [0.5, 0.6) is 5.75 Å². The second-order valence-corrected chi connectivity index (χ2v) is 5.16. The predicted octanol–water partition coefficient (Wildman–Crippen LogP) is 1.25. The van der Waals surface area contributed by atoms with Gasteiger partial charge >= 0.3 is 12.0 Å². The Kier molecular flexibility index (Phi) is 4.07. The normalized spacial score (nSPS) is 21.0. The first-order chi connectivity index (χ1) is 10.4. The van der Waals surface area contributed by atoms with Gasteiger partial charge in [0.1, 0.15) is 17.8 Å². The number of carboxylic acid groups (broad SMARTS) is 1. The number of hydrogen-bond donors (Lipinski definition) is 2. The van der Waals surface area contributed by atoms with Gasteiger partial charge in [-0.05, 0) is 36.6 Å². The van der Waals surface area contributed by atoms with Crippen LogP contribution in [0.4, 0.5) is 4.79 Å². The van der Waals surface area contributed by atoms with Crippen LogP contribution in [0.15, 0.2) is 18.2 Å². The average molecular weight is 306 g/mol. The van der Waals surface area contributed by atoms with E-state index in [1.807, 2.05) is 6.92 Å². The molecule has 2 rings (SSSR count). The van der Waals surface area contributed by atoms with Gasteiger partial charge in [0.2, 0.25) is 0 Å². The molecule has 3 amide bonds. The number of nitrogens with one attached hydrogen (secondary N) is 1. The van der Waals surface area contributed by atoms with E-state index in [2.05, 4.69) is 5.32 Å². The number of imide groups is 1. The molecule has 1 aromatic carbocycles. The largest absolute Gasteiger partial charge is 0.496 e. The van der Waals surface area contributed by atoms with Crippen molar-refractivity contribution >= 4 is 17.9 Å². The summed E-state index contributed by atoms with van der Waals surface area (Å²) < 4.78 is 5.19. The highest BCUT2D eigenvalue weighted by atomic mass is 16.5. The van der Waals surface area contributed by atoms with Crippen molar-refractivity contribution in [2.75, 3.05) is 13.7 Å². The molecule has 0 bridgehead atoms. The molecule has 1 heterocycles. The Morgan fingerprint density at radius 2 is 2.09 bits per heavy atom. The fraction of sp³-hybridized carbons (Fsp3) is 0.400. The summed E-state index contributed by atoms with van der Waals surface area (Å²) in [7, 11) is 1.55. The van der Waals surface area contributed by atoms with E-state index in [4.69, 9.17) is 9.84 Å². The molecule has 0 aromatic heterocycles. The minimum absolute atomic E-state index is 0.319. The number of carboxylic acids is 1. The molecule has 1 atom stereocenters. The third-order valence-corrected chi connectivity index (χ3v) is 3.89. The van der Waals surface area contributed by atoms with Gasteiger partial charge in [-0.1, -0.05) is 13.0 Å². The lowest BCUT2D eigenvalue weighted by Gasteiger charge is -2.26. The number of carbonyl (C=O) groups excluding carboxylic acids is 2. The van der Waals surface area contributed by atoms with Crippen molar-refractivity contribution in [3.8, 4) is 5.75 Å². The molecule has 1 aliphatic heterocycles. The molecule has 1 unspecified atom stereocenters. The number of urea groups is 1. The first-order valence-electron chi connectivity index (χ1n) is 6.86. The van der Waals surface area contributed by atoms with Crippen molar-refractivity contribution in [3.63, 3.8) is 0 Å². The Bertz CT molecular complexity index is 643. The standard InChI is InChI=1S/C15H18N2O5/c1-4-15(10-5-6-11(22-3)9(2)7-10)13(20)17(8-12(18)19)14(21)16-15/h5-7H,4,8H2,1-3H3,(H,16,21)(H,18,19). The van der Waals surface area contributed by atoms with Gasteiger partial charge in [-0.15, -0.1) is 0 Å². The van der Waals surface area contributed by atoms with Crippen molar-refractivity contribution in [1.29, 1.82) is 0 Å². The molecule has 1 fully saturated rings. The number of carbonyl (C=O) groups is 3. The van der Waals surface area contributed by atoms with Gasteiger partial charge in [0.25, 0.3) is 5.91 Å². The van der Waals surface area contributed by atoms with Crippen molar-refractivity contribution in [1.82, 2.24) is 10.2 Å². The topological polar surface area (TPSA) is 95.9 Å². The van der Waals surface area contributed by atoms with Crippen LogP contribution in [0.3, 0.4) is 0 Å². The van der Waals surface area contributed by atoms with Crippen LogP contribution >= 0.6 is 0 Å². The fourth-order valence-corrected chi connectivity index (χ4v) is 2.69. The van der Waals surface area contributed by atoms with E-state index < -0.39 is 30.0 Å². The zero-order valence-electron chi connectivity index (χ0n) is 12.7. The summed E-state index contributed by atoms with van der Waals surface area (Å²) in [5.41, 5.74) is 0.204. The Morgan fingerprint density at radius 3 is 2.59 bits per heavy atom. The van der Waals surface area contributed by atoms with E-state index in [-0.39, 0.29) is 0 Å². The number of rotatable bonds is 5. The van der Waals surface area contributed by atoms with Gasteiger partial charge in [-0.3, -0.25) is 14.5 Å². The third-order valence-electron chi connectivity index (χ3n) is 3.89. The molecule has 1 aliphatic rings. The Hall–Kier alpha value is -2.57. The van der Waals surface area contributed by atoms with E-state index >= 15 is 0 Å². The zero-order valence-corrected chi connectivity index (χ0v) is 12.7. The number of ether oxygens (including phenoxy) is 1. The van der Waals surface area contributed by atoms with Crippen LogP contribution in [0, 0.1) is 6.92 Å². The van der Waals surface area contributed by atoms with Gasteiger partial charge in [0.15, 0.2) is 0 Å². The number of aryl methyl sites for hydroxylation is 1. The molecule has 22 heavy (non-hydrogen) atoms. The summed E-state index contributed by atoms with van der Waals surface area (Å²) in [4.78, 5) is 36.2. The molecule has 0 radical (unpaired) electrons. The molecule has 0 aliphatic carbocycles. The van der Waals surface area contributed by atoms with Gasteiger partial charge in [0, 0.05) is 0 Å². The zero-order chi connectivity index (χ0) is 16.5. The monoisotopic (exact) mass is 306 g/mol. The maximum Gasteiger partial charge on any atom is 0.325 e. The smallest absolute Gasteiger partial charge is 0.325 e. The van der Waals surface area contributed by atoms with Gasteiger partial charge in [-0.25, -0.2) is 4.79 Å². The number of amides is 3. The minimum atomic E-state index is -1.23. The average Bonchev–Trinajstić information content (AvgIpc) is 2.72. The highest BCUT2D eigenvalue weighted by Crippen LogP contribution is 2.34. The second kappa shape index (κ2) is 5.67. The quantitative estimate of drug-likeness (QED) is 0.798. The lowest BCUT2D eigenvalue weighted by molar-refractivity contribution is -0.143. The van der Waals surface area contributed by atoms with Crippen LogP contribution in [0.1, 0.15) is 24.5 Å². The van der Waals surface area contributed by atoms with Gasteiger partial charge in [0.05, 0.1) is 7.11 Å². The number of hydrogen-bond acceptors (Lipinski definition) is 4. The minimum Gasteiger partial charge on any atom is -0.496 e. The predicted molar refractivity (Wildman–Crippen MR) is 77.6 cm³/mol. The molecule has 1 saturated heterocycles. The molecule has 0 saturated carbocycles. The highest BCUT2D eigenvalue weighted by molar-refractivity contribution is 6.09. The van der Waals surface area contributed by atoms with Crippen molar-refractivity contribution < 1.29 is 24.2 Å². The summed E-state index contributed by atoms with van der Waals surface area (Å²) in [6.07, 6.45) is 0.319. The number of benzene rings is 1. The second-order valence-electron chi connectivity index (χ2n) is 5.16. The van der Waals surface area contributed by atoms with E-state index in [0.29, 0.717) is 17.7 Å². The number of methoxy groups -OCH3 is 1. The Morgan fingerprint density at radius 1 is 1.41 bits per heavy atom. The van der Waals surface area contributed by atoms with E-state index in [9.17, 15) is 14.4 Å². The molecule has 118 valence electrons. The molecule has 7 heteroatoms. The van der Waals surface area contributed by atoms with Crippen LogP contribution in [0.25, 0.3) is 0 Å². The van der Waals surface area contributed by atoms with Crippen LogP contribution in [0.2, 0.25) is 0 Å². The molecule has 1 aromatic rings. The van der Waals surface area contributed by atoms with Crippen LogP contribution < -0.4 is 10.1 Å². The van der Waals surface area contributed by atoms with E-state index in [1.165, 1.54) is 0 Å². The Labute approximate surface area is 127 Å². The van der Waals surface area contributed by atoms with E-state index in [1.54, 1.807) is 32.2 Å². The molecular formula is C15H18N2O5. The lowest BCUT2D eigenvalue weighted by Crippen LogP contribution is -2.44. The Balaban J connectivity index is 2.46. The maximum absolute atomic E-state index is 12.6. The summed E-state index contributed by atoms with van der Waals surface area (Å²) in [5.74, 6) is -1.11. The molecule has 7 nitrogen and oxygen atoms in total. The van der Waals surface area contributed by atoms with Crippen LogP contribution in [-0.2, 0) is 15.1 Å². The van der Waals surface area contributed by atoms with Crippen molar-refractivity contribution in [3.05, 3.63) is 29.3 Å². The fourth-order valence-electron chi connectivity index (χ4n) is 2.69. The summed E-state index contributed by atoms with van der Waals surface area (Å²) in [5, 5.41) is 11.5. The van der Waals surface area contributed by atoms with E-state index in [0.717, 1.165) is 10.5 Å². The molecule has 0 spiro atoms. The lowest BCUT2D eigenvalue weighted by atomic mass is 9.86. The third kappa shape index (κ3) is 2.38. The summed E-state index contributed by atoms with van der Waals surface area (Å²) in [6, 6.07) is 4.51. The van der Waals surface area contributed by atoms with Gasteiger partial charge in [-0.2, -0.15) is 0 Å². The number of aliphatic carboxylic acids is 1. The maximum atomic E-state index is 12.6. The highest BCUT2D eigenvalue weighted by Gasteiger charge is 2.51. The first-order valence-corrected chi connectivity index (χ1v) is 6.86.